The number of thiazole rings is 1. The van der Waals surface area contributed by atoms with E-state index in [0.717, 1.165) is 23.4 Å². The van der Waals surface area contributed by atoms with E-state index in [0.29, 0.717) is 15.9 Å². The van der Waals surface area contributed by atoms with Crippen LogP contribution in [0, 0.1) is 6.92 Å². The van der Waals surface area contributed by atoms with Crippen molar-refractivity contribution in [1.29, 1.82) is 0 Å². The topological polar surface area (TPSA) is 85.1 Å². The van der Waals surface area contributed by atoms with E-state index in [1.165, 1.54) is 28.7 Å². The van der Waals surface area contributed by atoms with Crippen LogP contribution in [0.15, 0.2) is 46.9 Å². The second-order valence-electron chi connectivity index (χ2n) is 6.15. The van der Waals surface area contributed by atoms with Crippen LogP contribution >= 0.6 is 23.1 Å². The Morgan fingerprint density at radius 1 is 1.18 bits per heavy atom. The first-order valence-corrected chi connectivity index (χ1v) is 10.7. The summed E-state index contributed by atoms with van der Waals surface area (Å²) in [5.41, 5.74) is 4.68. The highest BCUT2D eigenvalue weighted by molar-refractivity contribution is 7.99. The molecular weight excluding hydrogens is 392 g/mol. The Kier molecular flexibility index (Phi) is 5.36. The van der Waals surface area contributed by atoms with Crippen LogP contribution in [0.5, 0.6) is 0 Å². The van der Waals surface area contributed by atoms with Crippen molar-refractivity contribution in [2.75, 3.05) is 11.1 Å². The molecule has 0 aliphatic rings. The number of hydrogen-bond donors (Lipinski definition) is 1. The van der Waals surface area contributed by atoms with Crippen molar-refractivity contribution in [3.8, 4) is 11.3 Å². The van der Waals surface area contributed by atoms with Gasteiger partial charge in [0.25, 0.3) is 0 Å². The largest absolute Gasteiger partial charge is 0.301 e. The number of hydrogen-bond acceptors (Lipinski definition) is 7. The second kappa shape index (κ2) is 8.07. The normalized spacial score (nSPS) is 11.1. The van der Waals surface area contributed by atoms with Gasteiger partial charge in [0.2, 0.25) is 11.1 Å². The zero-order valence-electron chi connectivity index (χ0n) is 15.4. The maximum absolute atomic E-state index is 12.2. The molecule has 1 N–H and O–H groups in total. The van der Waals surface area contributed by atoms with Crippen LogP contribution in [0.3, 0.4) is 0 Å². The summed E-state index contributed by atoms with van der Waals surface area (Å²) in [6, 6.07) is 12.1. The van der Waals surface area contributed by atoms with E-state index in [1.54, 1.807) is 4.52 Å². The number of carbonyl (C=O) groups excluding carboxylic acids is 1. The number of nitrogens with zero attached hydrogens (tertiary/aromatic N) is 5. The molecule has 28 heavy (non-hydrogen) atoms. The van der Waals surface area contributed by atoms with Crippen LogP contribution in [0.4, 0.5) is 5.13 Å². The minimum absolute atomic E-state index is 0.137. The van der Waals surface area contributed by atoms with Gasteiger partial charge in [0.05, 0.1) is 17.1 Å². The van der Waals surface area contributed by atoms with E-state index in [-0.39, 0.29) is 11.7 Å². The standard InChI is InChI=1S/C19H18N6OS2/c1-3-13-4-6-14(7-5-13)15-8-9-16-22-23-19(25(16)24-15)28-11-17(26)21-18-20-12(2)10-27-18/h4-10H,3,11H2,1-2H3,(H,20,21,26). The molecule has 3 aromatic heterocycles. The molecule has 3 heterocycles. The molecule has 0 aliphatic heterocycles. The lowest BCUT2D eigenvalue weighted by Gasteiger charge is -2.04. The van der Waals surface area contributed by atoms with Gasteiger partial charge >= 0.3 is 0 Å². The summed E-state index contributed by atoms with van der Waals surface area (Å²) in [6.45, 7) is 4.02. The molecular formula is C19H18N6OS2. The number of benzene rings is 1. The third-order valence-electron chi connectivity index (χ3n) is 4.09. The number of aromatic nitrogens is 5. The number of anilines is 1. The summed E-state index contributed by atoms with van der Waals surface area (Å²) >= 11 is 2.70. The summed E-state index contributed by atoms with van der Waals surface area (Å²) in [5.74, 6) is 0.0682. The Hall–Kier alpha value is -2.78. The summed E-state index contributed by atoms with van der Waals surface area (Å²) in [4.78, 5) is 16.4. The number of fused-ring (bicyclic) bond motifs is 1. The second-order valence-corrected chi connectivity index (χ2v) is 7.95. The zero-order chi connectivity index (χ0) is 19.5. The van der Waals surface area contributed by atoms with Crippen molar-refractivity contribution in [1.82, 2.24) is 24.8 Å². The van der Waals surface area contributed by atoms with Crippen LogP contribution in [-0.4, -0.2) is 36.5 Å². The molecule has 0 bridgehead atoms. The van der Waals surface area contributed by atoms with Gasteiger partial charge in [-0.3, -0.25) is 4.79 Å². The number of nitrogens with one attached hydrogen (secondary N) is 1. The van der Waals surface area contributed by atoms with Crippen molar-refractivity contribution >= 4 is 39.8 Å². The van der Waals surface area contributed by atoms with Crippen LogP contribution in [0.25, 0.3) is 16.9 Å². The van der Waals surface area contributed by atoms with Crippen molar-refractivity contribution < 1.29 is 4.79 Å². The van der Waals surface area contributed by atoms with Crippen LogP contribution in [0.1, 0.15) is 18.2 Å². The van der Waals surface area contributed by atoms with Crippen LogP contribution in [0.2, 0.25) is 0 Å². The van der Waals surface area contributed by atoms with Gasteiger partial charge in [-0.05, 0) is 31.0 Å². The summed E-state index contributed by atoms with van der Waals surface area (Å²) in [7, 11) is 0. The maximum atomic E-state index is 12.2. The summed E-state index contributed by atoms with van der Waals surface area (Å²) in [5, 5.41) is 18.8. The Morgan fingerprint density at radius 3 is 2.71 bits per heavy atom. The molecule has 0 spiro atoms. The number of amides is 1. The molecule has 0 saturated heterocycles. The predicted molar refractivity (Wildman–Crippen MR) is 112 cm³/mol. The van der Waals surface area contributed by atoms with Gasteiger partial charge in [0.15, 0.2) is 10.8 Å². The maximum Gasteiger partial charge on any atom is 0.236 e. The molecule has 0 unspecified atom stereocenters. The molecule has 1 aromatic carbocycles. The molecule has 0 radical (unpaired) electrons. The van der Waals surface area contributed by atoms with Gasteiger partial charge in [-0.1, -0.05) is 43.0 Å². The lowest BCUT2D eigenvalue weighted by atomic mass is 10.1. The molecule has 0 aliphatic carbocycles. The Morgan fingerprint density at radius 2 is 2.00 bits per heavy atom. The first-order valence-electron chi connectivity index (χ1n) is 8.79. The van der Waals surface area contributed by atoms with E-state index < -0.39 is 0 Å². The van der Waals surface area contributed by atoms with E-state index in [2.05, 4.69) is 56.8 Å². The molecule has 1 amide bonds. The molecule has 9 heteroatoms. The van der Waals surface area contributed by atoms with Gasteiger partial charge in [0.1, 0.15) is 0 Å². The predicted octanol–water partition coefficient (Wildman–Crippen LogP) is 3.85. The smallest absolute Gasteiger partial charge is 0.236 e. The van der Waals surface area contributed by atoms with Crippen molar-refractivity contribution in [3.05, 3.63) is 53.0 Å². The zero-order valence-corrected chi connectivity index (χ0v) is 17.0. The van der Waals surface area contributed by atoms with Crippen LogP contribution in [-0.2, 0) is 11.2 Å². The number of aryl methyl sites for hydroxylation is 2. The summed E-state index contributed by atoms with van der Waals surface area (Å²) < 4.78 is 1.68. The minimum Gasteiger partial charge on any atom is -0.301 e. The van der Waals surface area contributed by atoms with Crippen molar-refractivity contribution in [3.63, 3.8) is 0 Å². The highest BCUT2D eigenvalue weighted by Gasteiger charge is 2.12. The molecule has 142 valence electrons. The molecule has 7 nitrogen and oxygen atoms in total. The van der Waals surface area contributed by atoms with Gasteiger partial charge in [0, 0.05) is 10.9 Å². The lowest BCUT2D eigenvalue weighted by molar-refractivity contribution is -0.113. The Bertz CT molecular complexity index is 1120. The van der Waals surface area contributed by atoms with Gasteiger partial charge in [-0.25, -0.2) is 4.98 Å². The molecule has 0 atom stereocenters. The van der Waals surface area contributed by atoms with Crippen molar-refractivity contribution in [2.24, 2.45) is 0 Å². The number of carbonyl (C=O) groups is 1. The highest BCUT2D eigenvalue weighted by Crippen LogP contribution is 2.22. The molecule has 0 saturated carbocycles. The quantitative estimate of drug-likeness (QED) is 0.486. The average molecular weight is 411 g/mol. The van der Waals surface area contributed by atoms with Gasteiger partial charge < -0.3 is 5.32 Å². The molecule has 0 fully saturated rings. The van der Waals surface area contributed by atoms with Crippen molar-refractivity contribution in [2.45, 2.75) is 25.4 Å². The fourth-order valence-corrected chi connectivity index (χ4v) is 4.01. The van der Waals surface area contributed by atoms with E-state index >= 15 is 0 Å². The average Bonchev–Trinajstić information content (AvgIpc) is 3.31. The fraction of sp³-hybridized carbons (Fsp3) is 0.211. The summed E-state index contributed by atoms with van der Waals surface area (Å²) in [6.07, 6.45) is 1.00. The number of thioether (sulfide) groups is 1. The van der Waals surface area contributed by atoms with Crippen LogP contribution < -0.4 is 5.32 Å². The monoisotopic (exact) mass is 410 g/mol. The minimum atomic E-state index is -0.137. The first-order chi connectivity index (χ1) is 13.6. The van der Waals surface area contributed by atoms with Gasteiger partial charge in [-0.15, -0.1) is 21.5 Å². The third-order valence-corrected chi connectivity index (χ3v) is 5.88. The molecule has 4 aromatic rings. The van der Waals surface area contributed by atoms with Gasteiger partial charge in [-0.2, -0.15) is 9.61 Å². The van der Waals surface area contributed by atoms with E-state index in [1.807, 2.05) is 24.4 Å². The Labute approximate surface area is 170 Å². The SMILES string of the molecule is CCc1ccc(-c2ccc3nnc(SCC(=O)Nc4nc(C)cs4)n3n2)cc1. The third kappa shape index (κ3) is 4.05. The number of rotatable bonds is 6. The lowest BCUT2D eigenvalue weighted by Crippen LogP contribution is -2.14. The van der Waals surface area contributed by atoms with E-state index in [9.17, 15) is 4.79 Å². The van der Waals surface area contributed by atoms with E-state index in [4.69, 9.17) is 0 Å². The highest BCUT2D eigenvalue weighted by atomic mass is 32.2. The Balaban J connectivity index is 1.50. The first kappa shape index (κ1) is 18.6. The fourth-order valence-electron chi connectivity index (χ4n) is 2.62. The molecule has 4 rings (SSSR count).